The molecule has 4 nitrogen and oxygen atoms in total. The van der Waals surface area contributed by atoms with E-state index in [1.165, 1.54) is 5.69 Å². The quantitative estimate of drug-likeness (QED) is 0.833. The monoisotopic (exact) mass is 250 g/mol. The lowest BCUT2D eigenvalue weighted by Crippen LogP contribution is -2.37. The Bertz CT molecular complexity index is 359. The standard InChI is InChI=1S/C14H22N2O2/c1-16(11-3-7-13(17-2)8-4-11)12-5-9-14(18-15)10-6-12/h3-4,7-8,12,14H,5-6,9-10,15H2,1-2H3. The molecule has 0 bridgehead atoms. The van der Waals surface area contributed by atoms with Crippen molar-refractivity contribution in [2.45, 2.75) is 37.8 Å². The van der Waals surface area contributed by atoms with Crippen LogP contribution in [0.5, 0.6) is 5.75 Å². The molecule has 0 heterocycles. The summed E-state index contributed by atoms with van der Waals surface area (Å²) < 4.78 is 5.17. The summed E-state index contributed by atoms with van der Waals surface area (Å²) in [6.07, 6.45) is 4.59. The van der Waals surface area contributed by atoms with E-state index in [1.54, 1.807) is 7.11 Å². The molecule has 1 aromatic rings. The Balaban J connectivity index is 1.96. The molecule has 1 fully saturated rings. The Kier molecular flexibility index (Phi) is 4.44. The van der Waals surface area contributed by atoms with Gasteiger partial charge in [-0.1, -0.05) is 0 Å². The number of hydrogen-bond donors (Lipinski definition) is 1. The van der Waals surface area contributed by atoms with E-state index in [4.69, 9.17) is 15.5 Å². The number of rotatable bonds is 4. The highest BCUT2D eigenvalue weighted by Crippen LogP contribution is 2.28. The number of nitrogens with zero attached hydrogens (tertiary/aromatic N) is 1. The number of anilines is 1. The Labute approximate surface area is 109 Å². The van der Waals surface area contributed by atoms with Gasteiger partial charge in [0.1, 0.15) is 5.75 Å². The largest absolute Gasteiger partial charge is 0.497 e. The van der Waals surface area contributed by atoms with Crippen LogP contribution in [0.4, 0.5) is 5.69 Å². The Morgan fingerprint density at radius 1 is 1.11 bits per heavy atom. The predicted octanol–water partition coefficient (Wildman–Crippen LogP) is 2.33. The molecular weight excluding hydrogens is 228 g/mol. The molecule has 0 aromatic heterocycles. The van der Waals surface area contributed by atoms with Crippen LogP contribution in [0.1, 0.15) is 25.7 Å². The summed E-state index contributed by atoms with van der Waals surface area (Å²) in [6, 6.07) is 8.78. The second-order valence-electron chi connectivity index (χ2n) is 4.88. The first-order valence-electron chi connectivity index (χ1n) is 6.47. The first-order valence-corrected chi connectivity index (χ1v) is 6.47. The Morgan fingerprint density at radius 2 is 1.72 bits per heavy atom. The fourth-order valence-corrected chi connectivity index (χ4v) is 2.60. The molecule has 2 rings (SSSR count). The van der Waals surface area contributed by atoms with Crippen molar-refractivity contribution in [1.82, 2.24) is 0 Å². The predicted molar refractivity (Wildman–Crippen MR) is 72.7 cm³/mol. The van der Waals surface area contributed by atoms with E-state index in [-0.39, 0.29) is 6.10 Å². The van der Waals surface area contributed by atoms with E-state index in [0.717, 1.165) is 31.4 Å². The third-order valence-corrected chi connectivity index (χ3v) is 3.86. The van der Waals surface area contributed by atoms with Gasteiger partial charge in [0.2, 0.25) is 0 Å². The summed E-state index contributed by atoms with van der Waals surface area (Å²) in [7, 11) is 3.84. The first-order chi connectivity index (χ1) is 8.74. The lowest BCUT2D eigenvalue weighted by atomic mass is 9.92. The molecule has 1 aromatic carbocycles. The van der Waals surface area contributed by atoms with E-state index in [2.05, 4.69) is 24.1 Å². The van der Waals surface area contributed by atoms with Crippen molar-refractivity contribution < 1.29 is 9.57 Å². The van der Waals surface area contributed by atoms with Crippen LogP contribution in [0, 0.1) is 0 Å². The van der Waals surface area contributed by atoms with Crippen molar-refractivity contribution in [3.8, 4) is 5.75 Å². The van der Waals surface area contributed by atoms with Crippen LogP contribution in [-0.4, -0.2) is 26.3 Å². The fraction of sp³-hybridized carbons (Fsp3) is 0.571. The highest BCUT2D eigenvalue weighted by Gasteiger charge is 2.24. The van der Waals surface area contributed by atoms with Crippen LogP contribution in [0.3, 0.4) is 0 Å². The summed E-state index contributed by atoms with van der Waals surface area (Å²) in [6.45, 7) is 0. The van der Waals surface area contributed by atoms with Crippen LogP contribution < -0.4 is 15.5 Å². The average molecular weight is 250 g/mol. The first kappa shape index (κ1) is 13.2. The van der Waals surface area contributed by atoms with Gasteiger partial charge in [-0.15, -0.1) is 0 Å². The van der Waals surface area contributed by atoms with Gasteiger partial charge in [0.25, 0.3) is 0 Å². The van der Waals surface area contributed by atoms with Gasteiger partial charge < -0.3 is 14.5 Å². The summed E-state index contributed by atoms with van der Waals surface area (Å²) in [5, 5.41) is 0. The highest BCUT2D eigenvalue weighted by molar-refractivity contribution is 5.49. The molecule has 0 radical (unpaired) electrons. The molecule has 18 heavy (non-hydrogen) atoms. The van der Waals surface area contributed by atoms with E-state index in [9.17, 15) is 0 Å². The Morgan fingerprint density at radius 3 is 2.22 bits per heavy atom. The van der Waals surface area contributed by atoms with Gasteiger partial charge in [-0.2, -0.15) is 0 Å². The maximum absolute atomic E-state index is 5.24. The fourth-order valence-electron chi connectivity index (χ4n) is 2.60. The third-order valence-electron chi connectivity index (χ3n) is 3.86. The lowest BCUT2D eigenvalue weighted by Gasteiger charge is -2.35. The number of nitrogens with two attached hydrogens (primary N) is 1. The zero-order valence-corrected chi connectivity index (χ0v) is 11.1. The number of ether oxygens (including phenoxy) is 1. The number of benzene rings is 1. The molecule has 4 heteroatoms. The van der Waals surface area contributed by atoms with E-state index >= 15 is 0 Å². The van der Waals surface area contributed by atoms with Gasteiger partial charge in [-0.25, -0.2) is 5.90 Å². The minimum Gasteiger partial charge on any atom is -0.497 e. The average Bonchev–Trinajstić information content (AvgIpc) is 2.47. The van der Waals surface area contributed by atoms with Crippen LogP contribution in [0.2, 0.25) is 0 Å². The molecular formula is C14H22N2O2. The minimum absolute atomic E-state index is 0.241. The van der Waals surface area contributed by atoms with Crippen molar-refractivity contribution >= 4 is 5.69 Å². The molecule has 0 atom stereocenters. The van der Waals surface area contributed by atoms with Crippen molar-refractivity contribution in [1.29, 1.82) is 0 Å². The maximum atomic E-state index is 5.24. The number of methoxy groups -OCH3 is 1. The van der Waals surface area contributed by atoms with Crippen molar-refractivity contribution in [2.24, 2.45) is 5.90 Å². The van der Waals surface area contributed by atoms with Gasteiger partial charge >= 0.3 is 0 Å². The van der Waals surface area contributed by atoms with Gasteiger partial charge in [-0.05, 0) is 49.9 Å². The van der Waals surface area contributed by atoms with Crippen LogP contribution in [0.15, 0.2) is 24.3 Å². The normalized spacial score (nSPS) is 23.7. The maximum Gasteiger partial charge on any atom is 0.119 e. The second-order valence-corrected chi connectivity index (χ2v) is 4.88. The van der Waals surface area contributed by atoms with Gasteiger partial charge in [-0.3, -0.25) is 0 Å². The summed E-state index contributed by atoms with van der Waals surface area (Å²) in [5.41, 5.74) is 1.23. The smallest absolute Gasteiger partial charge is 0.119 e. The SMILES string of the molecule is COc1ccc(N(C)C2CCC(ON)CC2)cc1. The molecule has 0 unspecified atom stereocenters. The summed E-state index contributed by atoms with van der Waals surface area (Å²) >= 11 is 0. The molecule has 0 aliphatic heterocycles. The molecule has 0 spiro atoms. The van der Waals surface area contributed by atoms with Crippen LogP contribution >= 0.6 is 0 Å². The minimum atomic E-state index is 0.241. The molecule has 100 valence electrons. The van der Waals surface area contributed by atoms with E-state index in [1.807, 2.05) is 12.1 Å². The van der Waals surface area contributed by atoms with Crippen LogP contribution in [-0.2, 0) is 4.84 Å². The van der Waals surface area contributed by atoms with E-state index in [0.29, 0.717) is 6.04 Å². The lowest BCUT2D eigenvalue weighted by molar-refractivity contribution is 0.0243. The summed E-state index contributed by atoms with van der Waals surface area (Å²) in [5.74, 6) is 6.14. The number of hydrogen-bond acceptors (Lipinski definition) is 4. The van der Waals surface area contributed by atoms with Gasteiger partial charge in [0.15, 0.2) is 0 Å². The highest BCUT2D eigenvalue weighted by atomic mass is 16.6. The second kappa shape index (κ2) is 6.07. The molecule has 0 amide bonds. The van der Waals surface area contributed by atoms with Crippen LogP contribution in [0.25, 0.3) is 0 Å². The summed E-state index contributed by atoms with van der Waals surface area (Å²) in [4.78, 5) is 7.26. The molecule has 1 aliphatic carbocycles. The molecule has 1 saturated carbocycles. The zero-order valence-electron chi connectivity index (χ0n) is 11.1. The molecule has 2 N–H and O–H groups in total. The molecule has 0 saturated heterocycles. The van der Waals surface area contributed by atoms with Crippen molar-refractivity contribution in [3.63, 3.8) is 0 Å². The van der Waals surface area contributed by atoms with Gasteiger partial charge in [0, 0.05) is 18.8 Å². The van der Waals surface area contributed by atoms with Gasteiger partial charge in [0.05, 0.1) is 13.2 Å². The zero-order chi connectivity index (χ0) is 13.0. The van der Waals surface area contributed by atoms with Crippen molar-refractivity contribution in [3.05, 3.63) is 24.3 Å². The van der Waals surface area contributed by atoms with Crippen molar-refractivity contribution in [2.75, 3.05) is 19.1 Å². The molecule has 1 aliphatic rings. The topological polar surface area (TPSA) is 47.7 Å². The van der Waals surface area contributed by atoms with E-state index < -0.39 is 0 Å². The third kappa shape index (κ3) is 2.94. The Hall–Kier alpha value is -1.26.